The summed E-state index contributed by atoms with van der Waals surface area (Å²) in [5.74, 6) is -0.0990. The molecule has 0 bridgehead atoms. The van der Waals surface area contributed by atoms with Crippen LogP contribution in [-0.4, -0.2) is 32.1 Å². The molecule has 0 saturated heterocycles. The lowest BCUT2D eigenvalue weighted by molar-refractivity contribution is -0.111. The van der Waals surface area contributed by atoms with Crippen molar-refractivity contribution in [2.75, 3.05) is 25.6 Å². The molecule has 0 unspecified atom stereocenters. The number of methoxy groups -OCH3 is 1. The van der Waals surface area contributed by atoms with Crippen LogP contribution in [0.4, 0.5) is 5.69 Å². The first-order chi connectivity index (χ1) is 11.6. The molecular weight excluding hydrogens is 332 g/mol. The molecule has 0 aliphatic heterocycles. The standard InChI is InChI=1S/C17H17ClN2O4/c1-23-10-8-19-17(22)12-4-6-14(18)15(11-12)20-16(21)7-5-13-3-2-9-24-13/h2-7,9,11H,8,10H2,1H3,(H,19,22)(H,20,21)/b7-5-. The average molecular weight is 349 g/mol. The highest BCUT2D eigenvalue weighted by Gasteiger charge is 2.10. The first-order valence-corrected chi connectivity index (χ1v) is 7.57. The number of rotatable bonds is 7. The number of carbonyl (C=O) groups is 2. The third-order valence-corrected chi connectivity index (χ3v) is 3.35. The molecule has 0 spiro atoms. The summed E-state index contributed by atoms with van der Waals surface area (Å²) in [6, 6.07) is 8.10. The molecule has 1 aromatic heterocycles. The highest BCUT2D eigenvalue weighted by molar-refractivity contribution is 6.34. The van der Waals surface area contributed by atoms with Gasteiger partial charge in [-0.1, -0.05) is 11.6 Å². The lowest BCUT2D eigenvalue weighted by atomic mass is 10.2. The Balaban J connectivity index is 2.02. The highest BCUT2D eigenvalue weighted by atomic mass is 35.5. The summed E-state index contributed by atoms with van der Waals surface area (Å²) in [6.45, 7) is 0.812. The van der Waals surface area contributed by atoms with Crippen molar-refractivity contribution in [3.63, 3.8) is 0 Å². The molecule has 2 amide bonds. The van der Waals surface area contributed by atoms with Gasteiger partial charge in [0.1, 0.15) is 5.76 Å². The summed E-state index contributed by atoms with van der Waals surface area (Å²) in [6.07, 6.45) is 4.37. The number of anilines is 1. The second-order valence-electron chi connectivity index (χ2n) is 4.78. The topological polar surface area (TPSA) is 80.6 Å². The summed E-state index contributed by atoms with van der Waals surface area (Å²) >= 11 is 6.06. The van der Waals surface area contributed by atoms with Crippen LogP contribution in [0.25, 0.3) is 6.08 Å². The van der Waals surface area contributed by atoms with E-state index in [1.54, 1.807) is 31.4 Å². The minimum absolute atomic E-state index is 0.273. The van der Waals surface area contributed by atoms with Crippen LogP contribution in [0.15, 0.2) is 47.1 Å². The molecule has 0 fully saturated rings. The molecule has 2 aromatic rings. The smallest absolute Gasteiger partial charge is 0.251 e. The van der Waals surface area contributed by atoms with Gasteiger partial charge in [-0.3, -0.25) is 9.59 Å². The normalized spacial score (nSPS) is 10.8. The van der Waals surface area contributed by atoms with Gasteiger partial charge in [0.2, 0.25) is 5.91 Å². The molecule has 0 atom stereocenters. The van der Waals surface area contributed by atoms with Gasteiger partial charge in [-0.25, -0.2) is 0 Å². The van der Waals surface area contributed by atoms with Crippen LogP contribution in [0.1, 0.15) is 16.1 Å². The van der Waals surface area contributed by atoms with Crippen LogP contribution in [-0.2, 0) is 9.53 Å². The summed E-state index contributed by atoms with van der Waals surface area (Å²) in [7, 11) is 1.55. The zero-order valence-electron chi connectivity index (χ0n) is 13.0. The Hall–Kier alpha value is -2.57. The summed E-state index contributed by atoms with van der Waals surface area (Å²) in [4.78, 5) is 23.9. The lowest BCUT2D eigenvalue weighted by Crippen LogP contribution is -2.27. The molecule has 0 radical (unpaired) electrons. The maximum Gasteiger partial charge on any atom is 0.251 e. The highest BCUT2D eigenvalue weighted by Crippen LogP contribution is 2.23. The van der Waals surface area contributed by atoms with Crippen molar-refractivity contribution in [1.29, 1.82) is 0 Å². The number of amides is 2. The van der Waals surface area contributed by atoms with E-state index in [-0.39, 0.29) is 11.8 Å². The Morgan fingerprint density at radius 3 is 2.88 bits per heavy atom. The Kier molecular flexibility index (Phi) is 6.60. The summed E-state index contributed by atoms with van der Waals surface area (Å²) in [5, 5.41) is 5.66. The maximum absolute atomic E-state index is 12.0. The van der Waals surface area contributed by atoms with Gasteiger partial charge in [0.05, 0.1) is 23.6 Å². The van der Waals surface area contributed by atoms with Crippen LogP contribution >= 0.6 is 11.6 Å². The summed E-state index contributed by atoms with van der Waals surface area (Å²) < 4.78 is 9.97. The van der Waals surface area contributed by atoms with E-state index in [2.05, 4.69) is 10.6 Å². The Morgan fingerprint density at radius 1 is 1.33 bits per heavy atom. The number of hydrogen-bond donors (Lipinski definition) is 2. The Morgan fingerprint density at radius 2 is 2.17 bits per heavy atom. The van der Waals surface area contributed by atoms with E-state index < -0.39 is 0 Å². The molecule has 0 saturated carbocycles. The van der Waals surface area contributed by atoms with E-state index in [0.29, 0.717) is 35.2 Å². The number of nitrogens with one attached hydrogen (secondary N) is 2. The average Bonchev–Trinajstić information content (AvgIpc) is 3.08. The predicted octanol–water partition coefficient (Wildman–Crippen LogP) is 2.96. The molecule has 0 aliphatic carbocycles. The largest absolute Gasteiger partial charge is 0.465 e. The van der Waals surface area contributed by atoms with Gasteiger partial charge in [-0.2, -0.15) is 0 Å². The van der Waals surface area contributed by atoms with Gasteiger partial charge in [0, 0.05) is 25.3 Å². The SMILES string of the molecule is COCCNC(=O)c1ccc(Cl)c(NC(=O)/C=C\c2ccco2)c1. The first-order valence-electron chi connectivity index (χ1n) is 7.19. The molecule has 24 heavy (non-hydrogen) atoms. The lowest BCUT2D eigenvalue weighted by Gasteiger charge is -2.09. The number of carbonyl (C=O) groups excluding carboxylic acids is 2. The Bertz CT molecular complexity index is 726. The van der Waals surface area contributed by atoms with Crippen LogP contribution in [0, 0.1) is 0 Å². The van der Waals surface area contributed by atoms with Crippen molar-refractivity contribution in [1.82, 2.24) is 5.32 Å². The van der Waals surface area contributed by atoms with Crippen molar-refractivity contribution in [2.24, 2.45) is 0 Å². The van der Waals surface area contributed by atoms with E-state index in [1.807, 2.05) is 0 Å². The molecule has 126 valence electrons. The molecule has 6 nitrogen and oxygen atoms in total. The number of furan rings is 1. The maximum atomic E-state index is 12.0. The van der Waals surface area contributed by atoms with Crippen LogP contribution < -0.4 is 10.6 Å². The molecule has 7 heteroatoms. The zero-order valence-corrected chi connectivity index (χ0v) is 13.8. The second kappa shape index (κ2) is 8.90. The van der Waals surface area contributed by atoms with Crippen molar-refractivity contribution in [2.45, 2.75) is 0 Å². The van der Waals surface area contributed by atoms with Crippen LogP contribution in [0.3, 0.4) is 0 Å². The van der Waals surface area contributed by atoms with Crippen molar-refractivity contribution in [3.05, 3.63) is 59.0 Å². The van der Waals surface area contributed by atoms with Gasteiger partial charge in [-0.15, -0.1) is 0 Å². The minimum Gasteiger partial charge on any atom is -0.465 e. The van der Waals surface area contributed by atoms with E-state index >= 15 is 0 Å². The number of hydrogen-bond acceptors (Lipinski definition) is 4. The van der Waals surface area contributed by atoms with Gasteiger partial charge in [-0.05, 0) is 36.4 Å². The number of benzene rings is 1. The molecule has 1 heterocycles. The van der Waals surface area contributed by atoms with E-state index in [0.717, 1.165) is 0 Å². The fourth-order valence-electron chi connectivity index (χ4n) is 1.85. The minimum atomic E-state index is -0.384. The van der Waals surface area contributed by atoms with Gasteiger partial charge in [0.25, 0.3) is 5.91 Å². The molecular formula is C17H17ClN2O4. The zero-order chi connectivity index (χ0) is 17.4. The third-order valence-electron chi connectivity index (χ3n) is 3.02. The van der Waals surface area contributed by atoms with Crippen molar-refractivity contribution in [3.8, 4) is 0 Å². The van der Waals surface area contributed by atoms with Crippen LogP contribution in [0.2, 0.25) is 5.02 Å². The monoisotopic (exact) mass is 348 g/mol. The van der Waals surface area contributed by atoms with Crippen molar-refractivity contribution < 1.29 is 18.7 Å². The fourth-order valence-corrected chi connectivity index (χ4v) is 2.01. The second-order valence-corrected chi connectivity index (χ2v) is 5.19. The van der Waals surface area contributed by atoms with Crippen molar-refractivity contribution >= 4 is 35.2 Å². The first kappa shape index (κ1) is 17.8. The van der Waals surface area contributed by atoms with Crippen LogP contribution in [0.5, 0.6) is 0 Å². The number of ether oxygens (including phenoxy) is 1. The van der Waals surface area contributed by atoms with Gasteiger partial charge < -0.3 is 19.8 Å². The fraction of sp³-hybridized carbons (Fsp3) is 0.176. The van der Waals surface area contributed by atoms with E-state index in [9.17, 15) is 9.59 Å². The number of halogens is 1. The molecule has 0 aliphatic rings. The predicted molar refractivity (Wildman–Crippen MR) is 92.0 cm³/mol. The van der Waals surface area contributed by atoms with Gasteiger partial charge in [0.15, 0.2) is 0 Å². The summed E-state index contributed by atoms with van der Waals surface area (Å²) in [5.41, 5.74) is 0.742. The third kappa shape index (κ3) is 5.26. The quantitative estimate of drug-likeness (QED) is 0.595. The Labute approximate surface area is 144 Å². The molecule has 1 aromatic carbocycles. The van der Waals surface area contributed by atoms with E-state index in [1.165, 1.54) is 24.5 Å². The molecule has 2 N–H and O–H groups in total. The van der Waals surface area contributed by atoms with E-state index in [4.69, 9.17) is 20.8 Å². The molecule has 2 rings (SSSR count). The van der Waals surface area contributed by atoms with Gasteiger partial charge >= 0.3 is 0 Å².